The molecule has 1 aromatic rings. The fraction of sp³-hybridized carbons (Fsp3) is 0.667. The predicted octanol–water partition coefficient (Wildman–Crippen LogP) is 2.34. The van der Waals surface area contributed by atoms with Gasteiger partial charge in [-0.15, -0.1) is 0 Å². The highest BCUT2D eigenvalue weighted by molar-refractivity contribution is 5.83. The largest absolute Gasteiger partial charge is 0.455 e. The lowest BCUT2D eigenvalue weighted by molar-refractivity contribution is -0.197. The molecule has 1 saturated heterocycles. The van der Waals surface area contributed by atoms with Gasteiger partial charge in [0.05, 0.1) is 11.0 Å². The first-order chi connectivity index (χ1) is 14.8. The molecule has 4 aliphatic carbocycles. The van der Waals surface area contributed by atoms with Crippen molar-refractivity contribution in [1.29, 1.82) is 0 Å². The van der Waals surface area contributed by atoms with E-state index in [1.165, 1.54) is 6.07 Å². The Balaban J connectivity index is 1.11. The molecule has 1 heterocycles. The molecule has 4 saturated carbocycles. The molecule has 1 aliphatic heterocycles. The highest BCUT2D eigenvalue weighted by atomic mass is 19.1. The van der Waals surface area contributed by atoms with Gasteiger partial charge in [-0.3, -0.25) is 14.5 Å². The van der Waals surface area contributed by atoms with Crippen LogP contribution >= 0.6 is 0 Å². The Morgan fingerprint density at radius 2 is 1.74 bits per heavy atom. The molecule has 1 N–H and O–H groups in total. The van der Waals surface area contributed by atoms with Gasteiger partial charge in [-0.2, -0.15) is 0 Å². The van der Waals surface area contributed by atoms with Gasteiger partial charge in [0, 0.05) is 38.3 Å². The average Bonchev–Trinajstić information content (AvgIpc) is 2.72. The molecule has 6 nitrogen and oxygen atoms in total. The minimum absolute atomic E-state index is 0.178. The van der Waals surface area contributed by atoms with Crippen LogP contribution in [0.2, 0.25) is 0 Å². The third-order valence-electron chi connectivity index (χ3n) is 7.87. The number of hydrogen-bond acceptors (Lipinski definition) is 5. The normalized spacial score (nSPS) is 34.7. The van der Waals surface area contributed by atoms with Gasteiger partial charge in [0.25, 0.3) is 5.91 Å². The SMILES string of the molecule is O=C(COC(=O)C12C[C@@H]3C[C@H](CC(O)(C3)C1)C2)N1CCN(Cc2ccccc2F)CC1. The number of nitrogens with zero attached hydrogens (tertiary/aromatic N) is 2. The molecule has 4 bridgehead atoms. The highest BCUT2D eigenvalue weighted by Crippen LogP contribution is 2.61. The molecule has 5 aliphatic rings. The summed E-state index contributed by atoms with van der Waals surface area (Å²) in [6.45, 7) is 2.70. The number of hydrogen-bond donors (Lipinski definition) is 1. The van der Waals surface area contributed by atoms with Crippen LogP contribution in [-0.4, -0.2) is 65.2 Å². The summed E-state index contributed by atoms with van der Waals surface area (Å²) in [4.78, 5) is 29.4. The number of esters is 1. The highest BCUT2D eigenvalue weighted by Gasteiger charge is 2.61. The van der Waals surface area contributed by atoms with Gasteiger partial charge in [-0.1, -0.05) is 18.2 Å². The van der Waals surface area contributed by atoms with Crippen LogP contribution in [0.1, 0.15) is 44.1 Å². The molecule has 6 rings (SSSR count). The number of amides is 1. The number of rotatable bonds is 5. The van der Waals surface area contributed by atoms with E-state index in [0.29, 0.717) is 56.5 Å². The molecule has 0 radical (unpaired) electrons. The van der Waals surface area contributed by atoms with E-state index in [1.54, 1.807) is 17.0 Å². The smallest absolute Gasteiger partial charge is 0.312 e. The Kier molecular flexibility index (Phi) is 5.29. The first-order valence-corrected chi connectivity index (χ1v) is 11.5. The second-order valence-corrected chi connectivity index (χ2v) is 10.3. The van der Waals surface area contributed by atoms with Gasteiger partial charge >= 0.3 is 5.97 Å². The van der Waals surface area contributed by atoms with Crippen molar-refractivity contribution >= 4 is 11.9 Å². The molecular formula is C24H31FN2O4. The Hall–Kier alpha value is -1.99. The number of halogens is 1. The second kappa shape index (κ2) is 7.85. The zero-order chi connectivity index (χ0) is 21.6. The lowest BCUT2D eigenvalue weighted by Crippen LogP contribution is -2.58. The van der Waals surface area contributed by atoms with Crippen LogP contribution in [0.3, 0.4) is 0 Å². The maximum absolute atomic E-state index is 13.9. The Morgan fingerprint density at radius 1 is 1.06 bits per heavy atom. The van der Waals surface area contributed by atoms with Gasteiger partial charge < -0.3 is 14.7 Å². The van der Waals surface area contributed by atoms with Crippen LogP contribution in [0.5, 0.6) is 0 Å². The predicted molar refractivity (Wildman–Crippen MR) is 111 cm³/mol. The zero-order valence-electron chi connectivity index (χ0n) is 17.9. The van der Waals surface area contributed by atoms with Gasteiger partial charge in [0.1, 0.15) is 5.82 Å². The summed E-state index contributed by atoms with van der Waals surface area (Å²) in [6.07, 6.45) is 4.76. The summed E-state index contributed by atoms with van der Waals surface area (Å²) >= 11 is 0. The lowest BCUT2D eigenvalue weighted by atomic mass is 9.48. The van der Waals surface area contributed by atoms with E-state index < -0.39 is 11.0 Å². The third kappa shape index (κ3) is 4.10. The van der Waals surface area contributed by atoms with Gasteiger partial charge in [0.15, 0.2) is 6.61 Å². The topological polar surface area (TPSA) is 70.1 Å². The number of carbonyl (C=O) groups is 2. The zero-order valence-corrected chi connectivity index (χ0v) is 17.9. The number of aliphatic hydroxyl groups is 1. The summed E-state index contributed by atoms with van der Waals surface area (Å²) < 4.78 is 19.4. The quantitative estimate of drug-likeness (QED) is 0.727. The van der Waals surface area contributed by atoms with Crippen molar-refractivity contribution in [3.8, 4) is 0 Å². The van der Waals surface area contributed by atoms with E-state index >= 15 is 0 Å². The number of piperazine rings is 1. The van der Waals surface area contributed by atoms with E-state index in [2.05, 4.69) is 4.90 Å². The van der Waals surface area contributed by atoms with E-state index in [1.807, 2.05) is 6.07 Å². The molecule has 5 fully saturated rings. The number of ether oxygens (including phenoxy) is 1. The molecule has 31 heavy (non-hydrogen) atoms. The number of carbonyl (C=O) groups excluding carboxylic acids is 2. The fourth-order valence-corrected chi connectivity index (χ4v) is 6.85. The third-order valence-corrected chi connectivity index (χ3v) is 7.87. The van der Waals surface area contributed by atoms with Crippen LogP contribution in [-0.2, 0) is 20.9 Å². The van der Waals surface area contributed by atoms with Crippen LogP contribution in [0.4, 0.5) is 4.39 Å². The lowest BCUT2D eigenvalue weighted by Gasteiger charge is -2.58. The van der Waals surface area contributed by atoms with Crippen LogP contribution in [0.15, 0.2) is 24.3 Å². The van der Waals surface area contributed by atoms with Crippen molar-refractivity contribution < 1.29 is 23.8 Å². The standard InChI is InChI=1S/C24H31FN2O4/c25-20-4-2-1-3-19(20)14-26-5-7-27(8-6-26)21(28)15-31-22(29)23-10-17-9-18(11-23)13-24(30,12-17)16-23/h1-4,17-18,30H,5-16H2/t17-,18-,23?,24?/m0/s1. The molecule has 0 spiro atoms. The monoisotopic (exact) mass is 430 g/mol. The maximum Gasteiger partial charge on any atom is 0.312 e. The molecule has 7 heteroatoms. The first-order valence-electron chi connectivity index (χ1n) is 11.5. The summed E-state index contributed by atoms with van der Waals surface area (Å²) in [7, 11) is 0. The van der Waals surface area contributed by atoms with Crippen molar-refractivity contribution in [1.82, 2.24) is 9.80 Å². The van der Waals surface area contributed by atoms with E-state index in [0.717, 1.165) is 32.1 Å². The first kappa shape index (κ1) is 20.9. The minimum Gasteiger partial charge on any atom is -0.455 e. The Morgan fingerprint density at radius 3 is 2.39 bits per heavy atom. The minimum atomic E-state index is -0.721. The molecule has 0 unspecified atom stereocenters. The van der Waals surface area contributed by atoms with Gasteiger partial charge in [-0.25, -0.2) is 4.39 Å². The summed E-state index contributed by atoms with van der Waals surface area (Å²) in [5.74, 6) is 0.116. The van der Waals surface area contributed by atoms with Crippen LogP contribution in [0, 0.1) is 23.1 Å². The molecule has 168 valence electrons. The van der Waals surface area contributed by atoms with Crippen molar-refractivity contribution in [2.75, 3.05) is 32.8 Å². The molecule has 0 aromatic heterocycles. The average molecular weight is 431 g/mol. The second-order valence-electron chi connectivity index (χ2n) is 10.3. The maximum atomic E-state index is 13.9. The Labute approximate surface area is 182 Å². The fourth-order valence-electron chi connectivity index (χ4n) is 6.85. The number of benzene rings is 1. The summed E-state index contributed by atoms with van der Waals surface area (Å²) in [5.41, 5.74) is -0.660. The van der Waals surface area contributed by atoms with Crippen LogP contribution in [0.25, 0.3) is 0 Å². The van der Waals surface area contributed by atoms with Crippen molar-refractivity contribution in [2.45, 2.75) is 50.7 Å². The van der Waals surface area contributed by atoms with Crippen molar-refractivity contribution in [3.05, 3.63) is 35.6 Å². The Bertz CT molecular complexity index is 853. The molecular weight excluding hydrogens is 399 g/mol. The van der Waals surface area contributed by atoms with Gasteiger partial charge in [0.2, 0.25) is 0 Å². The van der Waals surface area contributed by atoms with Crippen molar-refractivity contribution in [3.63, 3.8) is 0 Å². The summed E-state index contributed by atoms with van der Waals surface area (Å²) in [6, 6.07) is 6.76. The molecule has 2 atom stereocenters. The molecule has 1 aromatic carbocycles. The van der Waals surface area contributed by atoms with Crippen LogP contribution < -0.4 is 0 Å². The van der Waals surface area contributed by atoms with Gasteiger partial charge in [-0.05, 0) is 56.4 Å². The van der Waals surface area contributed by atoms with Crippen molar-refractivity contribution in [2.24, 2.45) is 17.3 Å². The van der Waals surface area contributed by atoms with E-state index in [-0.39, 0.29) is 24.3 Å². The van der Waals surface area contributed by atoms with E-state index in [9.17, 15) is 19.1 Å². The molecule has 1 amide bonds. The van der Waals surface area contributed by atoms with E-state index in [4.69, 9.17) is 4.74 Å². The summed E-state index contributed by atoms with van der Waals surface area (Å²) in [5, 5.41) is 10.8.